The molecule has 0 aromatic carbocycles. The van der Waals surface area contributed by atoms with Crippen molar-refractivity contribution in [3.05, 3.63) is 16.1 Å². The molecule has 1 aromatic heterocycles. The van der Waals surface area contributed by atoms with Crippen molar-refractivity contribution in [2.24, 2.45) is 0 Å². The fourth-order valence-corrected chi connectivity index (χ4v) is 2.96. The zero-order valence-corrected chi connectivity index (χ0v) is 11.0. The molecule has 1 saturated heterocycles. The zero-order chi connectivity index (χ0) is 11.4. The van der Waals surface area contributed by atoms with Crippen LogP contribution in [0.5, 0.6) is 0 Å². The van der Waals surface area contributed by atoms with Gasteiger partial charge in [-0.15, -0.1) is 11.3 Å². The number of rotatable bonds is 5. The second-order valence-corrected chi connectivity index (χ2v) is 5.84. The first-order valence-electron chi connectivity index (χ1n) is 6.05. The third-order valence-electron chi connectivity index (χ3n) is 3.15. The Kier molecular flexibility index (Phi) is 3.95. The lowest BCUT2D eigenvalue weighted by atomic mass is 10.0. The second-order valence-electron chi connectivity index (χ2n) is 4.90. The van der Waals surface area contributed by atoms with Crippen LogP contribution in [0.15, 0.2) is 5.38 Å². The van der Waals surface area contributed by atoms with Crippen LogP contribution >= 0.6 is 11.3 Å². The third-order valence-corrected chi connectivity index (χ3v) is 4.18. The SMILES string of the molecule is Cc1csc(CCNCC2(C)CCCN2)n1. The van der Waals surface area contributed by atoms with E-state index in [0.717, 1.165) is 25.2 Å². The molecule has 2 N–H and O–H groups in total. The molecular weight excluding hydrogens is 218 g/mol. The normalized spacial score (nSPS) is 25.1. The molecule has 0 bridgehead atoms. The lowest BCUT2D eigenvalue weighted by molar-refractivity contribution is 0.387. The van der Waals surface area contributed by atoms with Crippen molar-refractivity contribution in [3.8, 4) is 0 Å². The zero-order valence-electron chi connectivity index (χ0n) is 10.2. The number of thiazole rings is 1. The first-order valence-corrected chi connectivity index (χ1v) is 6.93. The summed E-state index contributed by atoms with van der Waals surface area (Å²) in [4.78, 5) is 4.46. The van der Waals surface area contributed by atoms with E-state index in [9.17, 15) is 0 Å². The standard InChI is InChI=1S/C12H21N3S/c1-10-8-16-11(15-10)4-7-13-9-12(2)5-3-6-14-12/h8,13-14H,3-7,9H2,1-2H3. The minimum atomic E-state index is 0.318. The van der Waals surface area contributed by atoms with Gasteiger partial charge in [0.15, 0.2) is 0 Å². The molecule has 0 saturated carbocycles. The summed E-state index contributed by atoms with van der Waals surface area (Å²) in [6, 6.07) is 0. The Balaban J connectivity index is 1.65. The van der Waals surface area contributed by atoms with Crippen molar-refractivity contribution in [3.63, 3.8) is 0 Å². The Bertz CT molecular complexity index is 329. The number of nitrogens with one attached hydrogen (secondary N) is 2. The van der Waals surface area contributed by atoms with Crippen molar-refractivity contribution in [2.75, 3.05) is 19.6 Å². The summed E-state index contributed by atoms with van der Waals surface area (Å²) < 4.78 is 0. The highest BCUT2D eigenvalue weighted by molar-refractivity contribution is 7.09. The van der Waals surface area contributed by atoms with Gasteiger partial charge in [0.2, 0.25) is 0 Å². The minimum Gasteiger partial charge on any atom is -0.314 e. The van der Waals surface area contributed by atoms with Gasteiger partial charge in [-0.2, -0.15) is 0 Å². The minimum absolute atomic E-state index is 0.318. The molecule has 1 atom stereocenters. The van der Waals surface area contributed by atoms with E-state index in [0.29, 0.717) is 5.54 Å². The lowest BCUT2D eigenvalue weighted by Crippen LogP contribution is -2.46. The van der Waals surface area contributed by atoms with Gasteiger partial charge in [0.05, 0.1) is 5.01 Å². The van der Waals surface area contributed by atoms with Crippen LogP contribution in [0.1, 0.15) is 30.5 Å². The van der Waals surface area contributed by atoms with Crippen LogP contribution in [0.2, 0.25) is 0 Å². The second kappa shape index (κ2) is 5.25. The Hall–Kier alpha value is -0.450. The van der Waals surface area contributed by atoms with Crippen LogP contribution in [-0.2, 0) is 6.42 Å². The molecular formula is C12H21N3S. The van der Waals surface area contributed by atoms with Gasteiger partial charge in [0, 0.05) is 36.1 Å². The first kappa shape index (κ1) is 12.0. The molecule has 0 amide bonds. The Morgan fingerprint density at radius 3 is 3.12 bits per heavy atom. The van der Waals surface area contributed by atoms with Crippen molar-refractivity contribution in [2.45, 2.75) is 38.6 Å². The van der Waals surface area contributed by atoms with Crippen molar-refractivity contribution in [1.29, 1.82) is 0 Å². The van der Waals surface area contributed by atoms with Gasteiger partial charge in [0.1, 0.15) is 0 Å². The van der Waals surface area contributed by atoms with Gasteiger partial charge < -0.3 is 10.6 Å². The quantitative estimate of drug-likeness (QED) is 0.768. The monoisotopic (exact) mass is 239 g/mol. The van der Waals surface area contributed by atoms with Crippen LogP contribution in [-0.4, -0.2) is 30.2 Å². The van der Waals surface area contributed by atoms with E-state index in [1.54, 1.807) is 11.3 Å². The van der Waals surface area contributed by atoms with Crippen molar-refractivity contribution >= 4 is 11.3 Å². The van der Waals surface area contributed by atoms with Crippen LogP contribution in [0.3, 0.4) is 0 Å². The molecule has 3 nitrogen and oxygen atoms in total. The highest BCUT2D eigenvalue weighted by Crippen LogP contribution is 2.17. The van der Waals surface area contributed by atoms with Crippen LogP contribution in [0.4, 0.5) is 0 Å². The highest BCUT2D eigenvalue weighted by Gasteiger charge is 2.26. The van der Waals surface area contributed by atoms with Crippen molar-refractivity contribution in [1.82, 2.24) is 15.6 Å². The summed E-state index contributed by atoms with van der Waals surface area (Å²) >= 11 is 1.76. The summed E-state index contributed by atoms with van der Waals surface area (Å²) in [7, 11) is 0. The van der Waals surface area contributed by atoms with Crippen LogP contribution in [0.25, 0.3) is 0 Å². The maximum absolute atomic E-state index is 4.46. The predicted molar refractivity (Wildman–Crippen MR) is 69.1 cm³/mol. The van der Waals surface area contributed by atoms with Gasteiger partial charge >= 0.3 is 0 Å². The van der Waals surface area contributed by atoms with Gasteiger partial charge in [-0.25, -0.2) is 4.98 Å². The highest BCUT2D eigenvalue weighted by atomic mass is 32.1. The third kappa shape index (κ3) is 3.27. The largest absolute Gasteiger partial charge is 0.314 e. The maximum atomic E-state index is 4.46. The average Bonchev–Trinajstić information content (AvgIpc) is 2.84. The number of nitrogens with zero attached hydrogens (tertiary/aromatic N) is 1. The van der Waals surface area contributed by atoms with E-state index in [1.807, 2.05) is 0 Å². The topological polar surface area (TPSA) is 37.0 Å². The Morgan fingerprint density at radius 2 is 2.50 bits per heavy atom. The van der Waals surface area contributed by atoms with E-state index < -0.39 is 0 Å². The van der Waals surface area contributed by atoms with Crippen LogP contribution in [0, 0.1) is 6.92 Å². The fourth-order valence-electron chi connectivity index (χ4n) is 2.19. The lowest BCUT2D eigenvalue weighted by Gasteiger charge is -2.24. The summed E-state index contributed by atoms with van der Waals surface area (Å²) in [6.45, 7) is 7.63. The molecule has 2 heterocycles. The Morgan fingerprint density at radius 1 is 1.62 bits per heavy atom. The number of aromatic nitrogens is 1. The summed E-state index contributed by atoms with van der Waals surface area (Å²) in [5.74, 6) is 0. The molecule has 1 aromatic rings. The molecule has 1 unspecified atom stereocenters. The van der Waals surface area contributed by atoms with Crippen LogP contribution < -0.4 is 10.6 Å². The molecule has 16 heavy (non-hydrogen) atoms. The molecule has 90 valence electrons. The van der Waals surface area contributed by atoms with E-state index in [1.165, 1.54) is 24.4 Å². The van der Waals surface area contributed by atoms with Gasteiger partial charge in [0.25, 0.3) is 0 Å². The molecule has 4 heteroatoms. The molecule has 1 aliphatic rings. The van der Waals surface area contributed by atoms with E-state index in [-0.39, 0.29) is 0 Å². The molecule has 1 aliphatic heterocycles. The van der Waals surface area contributed by atoms with Gasteiger partial charge in [-0.3, -0.25) is 0 Å². The number of hydrogen-bond donors (Lipinski definition) is 2. The van der Waals surface area contributed by atoms with E-state index in [4.69, 9.17) is 0 Å². The molecule has 0 spiro atoms. The average molecular weight is 239 g/mol. The van der Waals surface area contributed by atoms with Gasteiger partial charge in [-0.1, -0.05) is 0 Å². The predicted octanol–water partition coefficient (Wildman–Crippen LogP) is 1.73. The maximum Gasteiger partial charge on any atom is 0.0940 e. The summed E-state index contributed by atoms with van der Waals surface area (Å²) in [5, 5.41) is 10.5. The molecule has 1 fully saturated rings. The summed E-state index contributed by atoms with van der Waals surface area (Å²) in [6.07, 6.45) is 3.65. The molecule has 0 radical (unpaired) electrons. The Labute approximate surface area is 102 Å². The van der Waals surface area contributed by atoms with E-state index >= 15 is 0 Å². The summed E-state index contributed by atoms with van der Waals surface area (Å²) in [5.41, 5.74) is 1.46. The fraction of sp³-hybridized carbons (Fsp3) is 0.750. The molecule has 2 rings (SSSR count). The van der Waals surface area contributed by atoms with Crippen molar-refractivity contribution < 1.29 is 0 Å². The molecule has 0 aliphatic carbocycles. The number of aryl methyl sites for hydroxylation is 1. The smallest absolute Gasteiger partial charge is 0.0940 e. The van der Waals surface area contributed by atoms with E-state index in [2.05, 4.69) is 34.8 Å². The van der Waals surface area contributed by atoms with Gasteiger partial charge in [-0.05, 0) is 33.2 Å². The first-order chi connectivity index (χ1) is 7.68. The number of hydrogen-bond acceptors (Lipinski definition) is 4.